The standard InChI is InChI=1S/C46H27N5S2.C46H35N3.C43H31N5/c1-4-19-39-31(12-1)38(27-51(39)30-22-24-47-25-23-30)28-10-7-11-29(26-28)44-48-45(36-17-8-15-34-32-13-2-5-20-40(32)52-42(34)36)50-46(49-44)37-18-9-16-35-33-14-3-6-21-41(33)53-43(35)37;1-46(2)43-17-8-6-15-39(43)41-30-38(23-24-44(41)46)49(36-13-4-3-5-14-36)37-21-19-32(20-22-37)33-11-10-12-34(29-33)42-31-48(35-25-27-47-28-26-35)45-18-9-7-16-40(42)45;1-43(2)37-19-17-30(36-27-48(32-21-23-44-24-22-32)39-16-10-9-15-33(36)39)25-34(37)35-26-31(18-20-38(35)43)42-46-40(28-11-5-3-6-12-28)45-41(47-42)29-13-7-4-8-14-29/h1-27H;3-31H,1-2H3;3-27H,1-2H3. The first kappa shape index (κ1) is 89.9. The van der Waals surface area contributed by atoms with Crippen LogP contribution in [0.1, 0.15) is 49.9 Å². The molecule has 13 nitrogen and oxygen atoms in total. The number of nitrogens with zero attached hydrogens (tertiary/aromatic N) is 13. The van der Waals surface area contributed by atoms with Crippen LogP contribution in [0, 0.1) is 0 Å². The molecule has 0 fully saturated rings. The molecule has 0 unspecified atom stereocenters. The molecule has 17 aromatic carbocycles. The summed E-state index contributed by atoms with van der Waals surface area (Å²) in [6.45, 7) is 9.30. The van der Waals surface area contributed by atoms with E-state index in [4.69, 9.17) is 29.9 Å². The van der Waals surface area contributed by atoms with Gasteiger partial charge in [-0.1, -0.05) is 325 Å². The molecule has 0 bridgehead atoms. The average molecular weight is 1960 g/mol. The Morgan fingerprint density at radius 3 is 0.993 bits per heavy atom. The van der Waals surface area contributed by atoms with Gasteiger partial charge in [0.2, 0.25) is 0 Å². The highest BCUT2D eigenvalue weighted by atomic mass is 32.1. The number of para-hydroxylation sites is 4. The second-order valence-corrected chi connectivity index (χ2v) is 41.3. The van der Waals surface area contributed by atoms with Gasteiger partial charge >= 0.3 is 0 Å². The fourth-order valence-corrected chi connectivity index (χ4v) is 24.8. The van der Waals surface area contributed by atoms with Crippen LogP contribution in [0.4, 0.5) is 17.1 Å². The van der Waals surface area contributed by atoms with Crippen molar-refractivity contribution >= 4 is 113 Å². The zero-order valence-electron chi connectivity index (χ0n) is 82.4. The highest BCUT2D eigenvalue weighted by molar-refractivity contribution is 7.26. The van der Waals surface area contributed by atoms with E-state index in [0.29, 0.717) is 34.9 Å². The predicted octanol–water partition coefficient (Wildman–Crippen LogP) is 34.9. The first-order chi connectivity index (χ1) is 73.9. The average Bonchev–Trinajstić information content (AvgIpc) is 1.53. The van der Waals surface area contributed by atoms with Crippen LogP contribution in [0.5, 0.6) is 0 Å². The molecule has 0 aliphatic heterocycles. The summed E-state index contributed by atoms with van der Waals surface area (Å²) in [5.74, 6) is 3.95. The van der Waals surface area contributed by atoms with Crippen molar-refractivity contribution in [3.63, 3.8) is 0 Å². The molecule has 10 heterocycles. The van der Waals surface area contributed by atoms with Gasteiger partial charge in [-0.2, -0.15) is 0 Å². The number of benzene rings is 17. The van der Waals surface area contributed by atoms with Gasteiger partial charge in [0, 0.05) is 207 Å². The highest BCUT2D eigenvalue weighted by Gasteiger charge is 2.38. The lowest BCUT2D eigenvalue weighted by Gasteiger charge is -2.27. The molecule has 150 heavy (non-hydrogen) atoms. The summed E-state index contributed by atoms with van der Waals surface area (Å²) in [5.41, 5.74) is 35.7. The van der Waals surface area contributed by atoms with E-state index in [1.54, 1.807) is 22.7 Å². The molecule has 2 aliphatic carbocycles. The molecule has 0 atom stereocenters. The van der Waals surface area contributed by atoms with Crippen LogP contribution in [0.25, 0.3) is 225 Å². The largest absolute Gasteiger partial charge is 0.316 e. The van der Waals surface area contributed by atoms with Crippen LogP contribution in [-0.2, 0) is 10.8 Å². The summed E-state index contributed by atoms with van der Waals surface area (Å²) in [6.07, 6.45) is 17.7. The van der Waals surface area contributed by atoms with Gasteiger partial charge in [-0.3, -0.25) is 15.0 Å². The molecular weight excluding hydrogens is 1870 g/mol. The molecule has 0 radical (unpaired) electrons. The summed E-state index contributed by atoms with van der Waals surface area (Å²) in [6, 6.07) is 155. The lowest BCUT2D eigenvalue weighted by atomic mass is 9.82. The van der Waals surface area contributed by atoms with Crippen LogP contribution in [0.3, 0.4) is 0 Å². The van der Waals surface area contributed by atoms with Crippen molar-refractivity contribution < 1.29 is 0 Å². The van der Waals surface area contributed by atoms with E-state index < -0.39 is 0 Å². The molecular formula is C135H93N13S2. The molecule has 0 N–H and O–H groups in total. The minimum Gasteiger partial charge on any atom is -0.316 e. The third kappa shape index (κ3) is 16.0. The minimum absolute atomic E-state index is 0.0217. The third-order valence-electron chi connectivity index (χ3n) is 29.7. The Morgan fingerprint density at radius 2 is 0.507 bits per heavy atom. The number of rotatable bonds is 16. The molecule has 0 saturated carbocycles. The second-order valence-electron chi connectivity index (χ2n) is 39.2. The van der Waals surface area contributed by atoms with Gasteiger partial charge in [0.1, 0.15) is 0 Å². The smallest absolute Gasteiger partial charge is 0.165 e. The van der Waals surface area contributed by atoms with Crippen molar-refractivity contribution in [2.24, 2.45) is 0 Å². The summed E-state index contributed by atoms with van der Waals surface area (Å²) in [7, 11) is 0. The predicted molar refractivity (Wildman–Crippen MR) is 620 cm³/mol. The zero-order chi connectivity index (χ0) is 100. The summed E-state index contributed by atoms with van der Waals surface area (Å²) >= 11 is 3.58. The molecule has 15 heteroatoms. The number of pyridine rings is 3. The summed E-state index contributed by atoms with van der Waals surface area (Å²) in [5, 5.41) is 8.54. The Balaban J connectivity index is 0.000000111. The maximum Gasteiger partial charge on any atom is 0.165 e. The summed E-state index contributed by atoms with van der Waals surface area (Å²) < 4.78 is 11.6. The van der Waals surface area contributed by atoms with E-state index in [9.17, 15) is 0 Å². The van der Waals surface area contributed by atoms with E-state index in [1.165, 1.54) is 145 Å². The molecule has 0 saturated heterocycles. The first-order valence-corrected chi connectivity index (χ1v) is 52.2. The number of anilines is 3. The third-order valence-corrected chi connectivity index (χ3v) is 32.2. The fourth-order valence-electron chi connectivity index (χ4n) is 22.4. The van der Waals surface area contributed by atoms with Gasteiger partial charge in [0.05, 0.1) is 16.6 Å². The van der Waals surface area contributed by atoms with E-state index in [2.05, 4.69) is 432 Å². The Hall–Kier alpha value is -18.9. The van der Waals surface area contributed by atoms with Crippen LogP contribution < -0.4 is 4.90 Å². The SMILES string of the molecule is CC1(C)c2ccc(-c3nc(-c4ccccc4)nc(-c4ccccc4)n3)cc2-c2cc(-c3cn(-c4ccncc4)c4ccccc34)ccc21.CC1(C)c2ccccc2-c2cc(N(c3ccccc3)c3ccc(-c4cccc(-c5cn(-c6ccncc6)c6ccccc56)c4)cc3)ccc21.c1cc(-c2nc(-c3cccc4c3sc3ccccc34)nc(-c3cccc4c3sc3ccccc34)n2)cc(-c2cn(-c3ccncc3)c3ccccc23)c1. The van der Waals surface area contributed by atoms with Gasteiger partial charge in [-0.15, -0.1) is 22.7 Å². The van der Waals surface area contributed by atoms with Crippen molar-refractivity contribution in [1.82, 2.24) is 58.6 Å². The van der Waals surface area contributed by atoms with E-state index in [0.717, 1.165) is 84.1 Å². The van der Waals surface area contributed by atoms with Gasteiger partial charge in [-0.05, 0) is 212 Å². The monoisotopic (exact) mass is 1960 g/mol. The number of thiophene rings is 2. The molecule has 710 valence electrons. The molecule has 10 aromatic heterocycles. The Labute approximate surface area is 875 Å². The van der Waals surface area contributed by atoms with Crippen molar-refractivity contribution in [2.75, 3.05) is 4.90 Å². The summed E-state index contributed by atoms with van der Waals surface area (Å²) in [4.78, 5) is 45.8. The van der Waals surface area contributed by atoms with Gasteiger partial charge in [-0.25, -0.2) is 29.9 Å². The van der Waals surface area contributed by atoms with Crippen LogP contribution in [-0.4, -0.2) is 58.6 Å². The molecule has 0 amide bonds. The molecule has 2 aliphatic rings. The molecule has 29 rings (SSSR count). The molecule has 0 spiro atoms. The Kier molecular flexibility index (Phi) is 22.3. The maximum absolute atomic E-state index is 5.28. The topological polar surface area (TPSA) is 134 Å². The van der Waals surface area contributed by atoms with E-state index >= 15 is 0 Å². The zero-order valence-corrected chi connectivity index (χ0v) is 84.0. The van der Waals surface area contributed by atoms with Gasteiger partial charge in [0.15, 0.2) is 34.9 Å². The normalized spacial score (nSPS) is 12.5. The number of hydrogen-bond acceptors (Lipinski definition) is 12. The highest BCUT2D eigenvalue weighted by Crippen LogP contribution is 2.55. The van der Waals surface area contributed by atoms with Crippen molar-refractivity contribution in [1.29, 1.82) is 0 Å². The number of aromatic nitrogens is 12. The van der Waals surface area contributed by atoms with Crippen molar-refractivity contribution in [3.05, 3.63) is 515 Å². The van der Waals surface area contributed by atoms with Crippen molar-refractivity contribution in [3.8, 4) is 152 Å². The number of fused-ring (bicyclic) bond motifs is 15. The second kappa shape index (κ2) is 37.3. The first-order valence-electron chi connectivity index (χ1n) is 50.5. The molecule has 27 aromatic rings. The van der Waals surface area contributed by atoms with Gasteiger partial charge < -0.3 is 18.6 Å². The van der Waals surface area contributed by atoms with E-state index in [-0.39, 0.29) is 10.8 Å². The van der Waals surface area contributed by atoms with Crippen molar-refractivity contribution in [2.45, 2.75) is 38.5 Å². The minimum atomic E-state index is -0.143. The van der Waals surface area contributed by atoms with Crippen LogP contribution >= 0.6 is 22.7 Å². The lowest BCUT2D eigenvalue weighted by molar-refractivity contribution is 0.660. The Bertz CT molecular complexity index is 9720. The quantitative estimate of drug-likeness (QED) is 0.0920. The Morgan fingerprint density at radius 1 is 0.200 bits per heavy atom. The van der Waals surface area contributed by atoms with Crippen LogP contribution in [0.15, 0.2) is 493 Å². The van der Waals surface area contributed by atoms with E-state index in [1.807, 2.05) is 122 Å². The van der Waals surface area contributed by atoms with Gasteiger partial charge in [0.25, 0.3) is 0 Å². The fraction of sp³-hybridized carbons (Fsp3) is 0.0444. The maximum atomic E-state index is 5.28. The number of hydrogen-bond donors (Lipinski definition) is 0. The lowest BCUT2D eigenvalue weighted by Crippen LogP contribution is -2.15. The van der Waals surface area contributed by atoms with Crippen LogP contribution in [0.2, 0.25) is 0 Å².